The van der Waals surface area contributed by atoms with E-state index in [9.17, 15) is 0 Å². The molecule has 0 heterocycles. The van der Waals surface area contributed by atoms with Crippen molar-refractivity contribution in [1.82, 2.24) is 15.5 Å². The fourth-order valence-electron chi connectivity index (χ4n) is 2.96. The molecule has 0 spiro atoms. The third-order valence-electron chi connectivity index (χ3n) is 4.49. The number of methoxy groups -OCH3 is 3. The molecule has 7 nitrogen and oxygen atoms in total. The lowest BCUT2D eigenvalue weighted by atomic mass is 10.2. The first kappa shape index (κ1) is 26.6. The molecular weight excluding hydrogens is 471 g/mol. The zero-order valence-electron chi connectivity index (χ0n) is 18.3. The average Bonchev–Trinajstić information content (AvgIpc) is 2.69. The summed E-state index contributed by atoms with van der Waals surface area (Å²) in [5.41, 5.74) is 0.985. The molecular formula is C20H37IN4O3. The van der Waals surface area contributed by atoms with Crippen LogP contribution in [0.5, 0.6) is 17.2 Å². The molecule has 1 atom stereocenters. The van der Waals surface area contributed by atoms with Gasteiger partial charge in [0, 0.05) is 19.1 Å². The SMILES string of the molecule is CCNC(=NCc1cc(OC)c(OC)c(OC)c1)NCC(C)N(CC)CC.I. The van der Waals surface area contributed by atoms with Gasteiger partial charge in [0.2, 0.25) is 5.75 Å². The number of nitrogens with one attached hydrogen (secondary N) is 2. The Labute approximate surface area is 187 Å². The zero-order chi connectivity index (χ0) is 20.2. The first-order chi connectivity index (χ1) is 13.0. The van der Waals surface area contributed by atoms with Crippen molar-refractivity contribution in [3.63, 3.8) is 0 Å². The highest BCUT2D eigenvalue weighted by molar-refractivity contribution is 14.0. The van der Waals surface area contributed by atoms with Crippen LogP contribution in [0.4, 0.5) is 0 Å². The van der Waals surface area contributed by atoms with E-state index < -0.39 is 0 Å². The van der Waals surface area contributed by atoms with Crippen LogP contribution in [-0.2, 0) is 6.54 Å². The lowest BCUT2D eigenvalue weighted by Crippen LogP contribution is -2.45. The molecule has 0 amide bonds. The Bertz CT molecular complexity index is 570. The number of guanidine groups is 1. The molecule has 0 bridgehead atoms. The third-order valence-corrected chi connectivity index (χ3v) is 4.49. The van der Waals surface area contributed by atoms with E-state index in [2.05, 4.69) is 43.2 Å². The number of ether oxygens (including phenoxy) is 3. The molecule has 1 rings (SSSR count). The predicted molar refractivity (Wildman–Crippen MR) is 127 cm³/mol. The maximum atomic E-state index is 5.41. The molecule has 0 aliphatic carbocycles. The summed E-state index contributed by atoms with van der Waals surface area (Å²) in [5.74, 6) is 2.65. The van der Waals surface area contributed by atoms with Crippen molar-refractivity contribution in [3.8, 4) is 17.2 Å². The lowest BCUT2D eigenvalue weighted by molar-refractivity contribution is 0.231. The monoisotopic (exact) mass is 508 g/mol. The molecule has 1 unspecified atom stereocenters. The van der Waals surface area contributed by atoms with Gasteiger partial charge in [0.1, 0.15) is 0 Å². The topological polar surface area (TPSA) is 67.4 Å². The molecule has 1 aromatic carbocycles. The van der Waals surface area contributed by atoms with Crippen LogP contribution in [0.25, 0.3) is 0 Å². The van der Waals surface area contributed by atoms with Crippen molar-refractivity contribution in [2.75, 3.05) is 47.5 Å². The number of benzene rings is 1. The van der Waals surface area contributed by atoms with Gasteiger partial charge in [-0.15, -0.1) is 24.0 Å². The quantitative estimate of drug-likeness (QED) is 0.272. The van der Waals surface area contributed by atoms with E-state index in [1.54, 1.807) is 21.3 Å². The molecule has 0 saturated heterocycles. The minimum Gasteiger partial charge on any atom is -0.493 e. The summed E-state index contributed by atoms with van der Waals surface area (Å²) in [6.07, 6.45) is 0. The number of aliphatic imine (C=N–C) groups is 1. The van der Waals surface area contributed by atoms with Crippen LogP contribution in [0.3, 0.4) is 0 Å². The van der Waals surface area contributed by atoms with Crippen LogP contribution < -0.4 is 24.8 Å². The first-order valence-electron chi connectivity index (χ1n) is 9.59. The summed E-state index contributed by atoms with van der Waals surface area (Å²) < 4.78 is 16.2. The van der Waals surface area contributed by atoms with Crippen molar-refractivity contribution in [2.45, 2.75) is 40.3 Å². The standard InChI is InChI=1S/C20H36N4O3.HI/c1-8-21-20(22-13-15(4)24(9-2)10-3)23-14-16-11-17(25-5)19(27-7)18(12-16)26-6;/h11-12,15H,8-10,13-14H2,1-7H3,(H2,21,22,23);1H. The number of rotatable bonds is 11. The van der Waals surface area contributed by atoms with E-state index in [1.165, 1.54) is 0 Å². The van der Waals surface area contributed by atoms with Gasteiger partial charge < -0.3 is 24.8 Å². The Balaban J connectivity index is 0.00000729. The van der Waals surface area contributed by atoms with Crippen LogP contribution in [0, 0.1) is 0 Å². The van der Waals surface area contributed by atoms with E-state index in [-0.39, 0.29) is 24.0 Å². The van der Waals surface area contributed by atoms with E-state index in [4.69, 9.17) is 19.2 Å². The summed E-state index contributed by atoms with van der Waals surface area (Å²) in [4.78, 5) is 7.11. The predicted octanol–water partition coefficient (Wildman–Crippen LogP) is 3.12. The molecule has 162 valence electrons. The fraction of sp³-hybridized carbons (Fsp3) is 0.650. The van der Waals surface area contributed by atoms with Crippen LogP contribution in [0.2, 0.25) is 0 Å². The van der Waals surface area contributed by atoms with Crippen molar-refractivity contribution < 1.29 is 14.2 Å². The molecule has 28 heavy (non-hydrogen) atoms. The first-order valence-corrected chi connectivity index (χ1v) is 9.59. The highest BCUT2D eigenvalue weighted by Gasteiger charge is 2.13. The summed E-state index contributed by atoms with van der Waals surface area (Å²) in [6, 6.07) is 4.28. The Morgan fingerprint density at radius 3 is 2.00 bits per heavy atom. The maximum Gasteiger partial charge on any atom is 0.203 e. The molecule has 0 aliphatic heterocycles. The van der Waals surface area contributed by atoms with Gasteiger partial charge in [0.25, 0.3) is 0 Å². The Morgan fingerprint density at radius 1 is 1.00 bits per heavy atom. The fourth-order valence-corrected chi connectivity index (χ4v) is 2.96. The Morgan fingerprint density at radius 2 is 1.57 bits per heavy atom. The van der Waals surface area contributed by atoms with Crippen molar-refractivity contribution in [2.24, 2.45) is 4.99 Å². The van der Waals surface area contributed by atoms with Gasteiger partial charge in [-0.05, 0) is 44.6 Å². The van der Waals surface area contributed by atoms with E-state index in [0.29, 0.717) is 29.8 Å². The van der Waals surface area contributed by atoms with Gasteiger partial charge in [-0.1, -0.05) is 13.8 Å². The summed E-state index contributed by atoms with van der Waals surface area (Å²) in [7, 11) is 4.83. The van der Waals surface area contributed by atoms with Crippen molar-refractivity contribution >= 4 is 29.9 Å². The summed E-state index contributed by atoms with van der Waals surface area (Å²) in [5, 5.41) is 6.73. The number of halogens is 1. The van der Waals surface area contributed by atoms with Gasteiger partial charge in [0.05, 0.1) is 27.9 Å². The minimum atomic E-state index is 0. The molecule has 8 heteroatoms. The van der Waals surface area contributed by atoms with E-state index >= 15 is 0 Å². The van der Waals surface area contributed by atoms with Crippen LogP contribution in [-0.4, -0.2) is 64.4 Å². The summed E-state index contributed by atoms with van der Waals surface area (Å²) in [6.45, 7) is 12.9. The van der Waals surface area contributed by atoms with Gasteiger partial charge in [-0.2, -0.15) is 0 Å². The average molecular weight is 508 g/mol. The molecule has 0 aliphatic rings. The second-order valence-corrected chi connectivity index (χ2v) is 6.18. The van der Waals surface area contributed by atoms with Crippen molar-refractivity contribution in [3.05, 3.63) is 17.7 Å². The number of likely N-dealkylation sites (N-methyl/N-ethyl adjacent to an activating group) is 1. The second-order valence-electron chi connectivity index (χ2n) is 6.18. The lowest BCUT2D eigenvalue weighted by Gasteiger charge is -2.27. The molecule has 0 radical (unpaired) electrons. The largest absolute Gasteiger partial charge is 0.493 e. The molecule has 0 saturated carbocycles. The minimum absolute atomic E-state index is 0. The Kier molecular flexibility index (Phi) is 13.8. The smallest absolute Gasteiger partial charge is 0.203 e. The molecule has 1 aromatic rings. The Hall–Kier alpha value is -1.42. The van der Waals surface area contributed by atoms with E-state index in [0.717, 1.165) is 37.7 Å². The van der Waals surface area contributed by atoms with Crippen molar-refractivity contribution in [1.29, 1.82) is 0 Å². The van der Waals surface area contributed by atoms with Crippen LogP contribution >= 0.6 is 24.0 Å². The summed E-state index contributed by atoms with van der Waals surface area (Å²) >= 11 is 0. The maximum absolute atomic E-state index is 5.41. The molecule has 2 N–H and O–H groups in total. The van der Waals surface area contributed by atoms with Gasteiger partial charge in [0.15, 0.2) is 17.5 Å². The van der Waals surface area contributed by atoms with Gasteiger partial charge in [-0.25, -0.2) is 4.99 Å². The molecule has 0 aromatic heterocycles. The van der Waals surface area contributed by atoms with Gasteiger partial charge in [-0.3, -0.25) is 4.90 Å². The van der Waals surface area contributed by atoms with Crippen LogP contribution in [0.1, 0.15) is 33.3 Å². The number of hydrogen-bond donors (Lipinski definition) is 2. The van der Waals surface area contributed by atoms with Gasteiger partial charge >= 0.3 is 0 Å². The number of nitrogens with zero attached hydrogens (tertiary/aromatic N) is 2. The van der Waals surface area contributed by atoms with E-state index in [1.807, 2.05) is 12.1 Å². The second kappa shape index (κ2) is 14.6. The zero-order valence-corrected chi connectivity index (χ0v) is 20.6. The highest BCUT2D eigenvalue weighted by atomic mass is 127. The number of hydrogen-bond acceptors (Lipinski definition) is 5. The van der Waals surface area contributed by atoms with Crippen LogP contribution in [0.15, 0.2) is 17.1 Å². The normalized spacial score (nSPS) is 12.2. The molecule has 0 fully saturated rings. The highest BCUT2D eigenvalue weighted by Crippen LogP contribution is 2.38. The third kappa shape index (κ3) is 7.90.